The van der Waals surface area contributed by atoms with Crippen LogP contribution < -0.4 is 14.8 Å². The molecule has 0 bridgehead atoms. The highest BCUT2D eigenvalue weighted by molar-refractivity contribution is 5.81. The van der Waals surface area contributed by atoms with Crippen LogP contribution in [0, 0.1) is 0 Å². The Morgan fingerprint density at radius 2 is 1.65 bits per heavy atom. The van der Waals surface area contributed by atoms with Gasteiger partial charge < -0.3 is 14.8 Å². The monoisotopic (exact) mass is 319 g/mol. The van der Waals surface area contributed by atoms with Gasteiger partial charge in [-0.05, 0) is 43.5 Å². The summed E-state index contributed by atoms with van der Waals surface area (Å²) in [4.78, 5) is 12.5. The number of hydrogen-bond acceptors (Lipinski definition) is 3. The van der Waals surface area contributed by atoms with Crippen molar-refractivity contribution in [3.05, 3.63) is 24.3 Å². The fourth-order valence-electron chi connectivity index (χ4n) is 3.04. The van der Waals surface area contributed by atoms with Gasteiger partial charge in [0, 0.05) is 6.04 Å². The van der Waals surface area contributed by atoms with Crippen LogP contribution in [-0.4, -0.2) is 25.2 Å². The molecule has 1 fully saturated rings. The van der Waals surface area contributed by atoms with E-state index in [-0.39, 0.29) is 5.91 Å². The molecule has 1 aromatic rings. The number of carbonyl (C=O) groups excluding carboxylic acids is 1. The van der Waals surface area contributed by atoms with Crippen LogP contribution in [0.3, 0.4) is 0 Å². The average molecular weight is 319 g/mol. The van der Waals surface area contributed by atoms with Gasteiger partial charge in [0.05, 0.1) is 7.11 Å². The van der Waals surface area contributed by atoms with Crippen LogP contribution in [0.15, 0.2) is 24.3 Å². The number of benzene rings is 1. The zero-order valence-electron chi connectivity index (χ0n) is 14.3. The van der Waals surface area contributed by atoms with E-state index in [1.807, 2.05) is 31.2 Å². The van der Waals surface area contributed by atoms with E-state index in [0.717, 1.165) is 18.6 Å². The lowest BCUT2D eigenvalue weighted by Crippen LogP contribution is -2.43. The van der Waals surface area contributed by atoms with Crippen molar-refractivity contribution in [2.45, 2.75) is 70.4 Å². The van der Waals surface area contributed by atoms with Crippen molar-refractivity contribution in [1.29, 1.82) is 0 Å². The summed E-state index contributed by atoms with van der Waals surface area (Å²) in [5, 5.41) is 3.19. The molecule has 1 aromatic carbocycles. The standard InChI is InChI=1S/C19H29NO3/c1-3-18(23-17-13-11-16(22-2)12-14-17)19(21)20-15-9-7-5-4-6-8-10-15/h11-15,18H,3-10H2,1-2H3,(H,20,21)/t18-/m1/s1. The second kappa shape index (κ2) is 9.43. The topological polar surface area (TPSA) is 47.6 Å². The van der Waals surface area contributed by atoms with Gasteiger partial charge in [-0.15, -0.1) is 0 Å². The van der Waals surface area contributed by atoms with Gasteiger partial charge in [0.15, 0.2) is 6.10 Å². The maximum Gasteiger partial charge on any atom is 0.261 e. The first-order valence-corrected chi connectivity index (χ1v) is 8.84. The Labute approximate surface area is 139 Å². The number of hydrogen-bond donors (Lipinski definition) is 1. The summed E-state index contributed by atoms with van der Waals surface area (Å²) in [7, 11) is 1.63. The van der Waals surface area contributed by atoms with E-state index in [4.69, 9.17) is 9.47 Å². The highest BCUT2D eigenvalue weighted by Crippen LogP contribution is 2.20. The van der Waals surface area contributed by atoms with E-state index in [1.54, 1.807) is 7.11 Å². The van der Waals surface area contributed by atoms with Crippen LogP contribution in [0.25, 0.3) is 0 Å². The molecule has 0 saturated heterocycles. The quantitative estimate of drug-likeness (QED) is 0.859. The van der Waals surface area contributed by atoms with Gasteiger partial charge in [-0.1, -0.05) is 39.0 Å². The second-order valence-electron chi connectivity index (χ2n) is 6.24. The molecular weight excluding hydrogens is 290 g/mol. The molecule has 1 N–H and O–H groups in total. The summed E-state index contributed by atoms with van der Waals surface area (Å²) in [5.74, 6) is 1.49. The molecule has 1 aliphatic rings. The average Bonchev–Trinajstić information content (AvgIpc) is 2.55. The highest BCUT2D eigenvalue weighted by atomic mass is 16.5. The minimum atomic E-state index is -0.436. The zero-order chi connectivity index (χ0) is 16.5. The minimum Gasteiger partial charge on any atom is -0.497 e. The maximum atomic E-state index is 12.5. The summed E-state index contributed by atoms with van der Waals surface area (Å²) in [6.45, 7) is 1.98. The molecule has 2 rings (SSSR count). The molecule has 1 aliphatic carbocycles. The number of methoxy groups -OCH3 is 1. The van der Waals surface area contributed by atoms with E-state index in [2.05, 4.69) is 5.32 Å². The van der Waals surface area contributed by atoms with E-state index < -0.39 is 6.10 Å². The van der Waals surface area contributed by atoms with Gasteiger partial charge in [0.2, 0.25) is 0 Å². The zero-order valence-corrected chi connectivity index (χ0v) is 14.3. The smallest absolute Gasteiger partial charge is 0.261 e. The lowest BCUT2D eigenvalue weighted by molar-refractivity contribution is -0.129. The first-order chi connectivity index (χ1) is 11.2. The molecule has 1 amide bonds. The Morgan fingerprint density at radius 1 is 1.09 bits per heavy atom. The van der Waals surface area contributed by atoms with Crippen LogP contribution in [0.4, 0.5) is 0 Å². The molecule has 0 aliphatic heterocycles. The van der Waals surface area contributed by atoms with Crippen LogP contribution in [0.1, 0.15) is 58.3 Å². The van der Waals surface area contributed by atoms with Crippen molar-refractivity contribution >= 4 is 5.91 Å². The number of rotatable bonds is 6. The van der Waals surface area contributed by atoms with Gasteiger partial charge in [-0.25, -0.2) is 0 Å². The highest BCUT2D eigenvalue weighted by Gasteiger charge is 2.22. The molecule has 4 heteroatoms. The van der Waals surface area contributed by atoms with Gasteiger partial charge >= 0.3 is 0 Å². The van der Waals surface area contributed by atoms with Gasteiger partial charge in [0.25, 0.3) is 5.91 Å². The molecule has 0 radical (unpaired) electrons. The Hall–Kier alpha value is -1.71. The van der Waals surface area contributed by atoms with E-state index in [9.17, 15) is 4.79 Å². The largest absolute Gasteiger partial charge is 0.497 e. The molecule has 0 aromatic heterocycles. The number of carbonyl (C=O) groups is 1. The predicted octanol–water partition coefficient (Wildman–Crippen LogP) is 4.08. The molecule has 0 heterocycles. The van der Waals surface area contributed by atoms with Crippen molar-refractivity contribution in [3.8, 4) is 11.5 Å². The van der Waals surface area contributed by atoms with E-state index in [0.29, 0.717) is 18.2 Å². The Bertz CT molecular complexity index is 464. The van der Waals surface area contributed by atoms with Crippen LogP contribution in [0.2, 0.25) is 0 Å². The SMILES string of the molecule is CC[C@@H](Oc1ccc(OC)cc1)C(=O)NC1CCCCCCC1. The first-order valence-electron chi connectivity index (χ1n) is 8.84. The molecule has 0 spiro atoms. The minimum absolute atomic E-state index is 0.00823. The summed E-state index contributed by atoms with van der Waals surface area (Å²) in [6.07, 6.45) is 8.72. The Balaban J connectivity index is 1.88. The first kappa shape index (κ1) is 17.6. The van der Waals surface area contributed by atoms with Crippen molar-refractivity contribution in [2.75, 3.05) is 7.11 Å². The second-order valence-corrected chi connectivity index (χ2v) is 6.24. The summed E-state index contributed by atoms with van der Waals surface area (Å²) < 4.78 is 11.0. The normalized spacial score (nSPS) is 17.7. The van der Waals surface area contributed by atoms with E-state index in [1.165, 1.54) is 32.1 Å². The number of amides is 1. The van der Waals surface area contributed by atoms with Crippen LogP contribution >= 0.6 is 0 Å². The maximum absolute atomic E-state index is 12.5. The molecule has 23 heavy (non-hydrogen) atoms. The predicted molar refractivity (Wildman–Crippen MR) is 92.0 cm³/mol. The lowest BCUT2D eigenvalue weighted by Gasteiger charge is -2.24. The molecule has 0 unspecified atom stereocenters. The van der Waals surface area contributed by atoms with Crippen molar-refractivity contribution in [1.82, 2.24) is 5.32 Å². The third-order valence-corrected chi connectivity index (χ3v) is 4.45. The molecule has 1 saturated carbocycles. The van der Waals surface area contributed by atoms with E-state index >= 15 is 0 Å². The van der Waals surface area contributed by atoms with Crippen molar-refractivity contribution < 1.29 is 14.3 Å². The molecular formula is C19H29NO3. The Kier molecular flexibility index (Phi) is 7.24. The van der Waals surface area contributed by atoms with Crippen molar-refractivity contribution in [3.63, 3.8) is 0 Å². The summed E-state index contributed by atoms with van der Waals surface area (Å²) >= 11 is 0. The van der Waals surface area contributed by atoms with Gasteiger partial charge in [-0.2, -0.15) is 0 Å². The van der Waals surface area contributed by atoms with Gasteiger partial charge in [0.1, 0.15) is 11.5 Å². The lowest BCUT2D eigenvalue weighted by atomic mass is 9.96. The third-order valence-electron chi connectivity index (χ3n) is 4.45. The third kappa shape index (κ3) is 5.77. The van der Waals surface area contributed by atoms with Crippen LogP contribution in [-0.2, 0) is 4.79 Å². The fraction of sp³-hybridized carbons (Fsp3) is 0.632. The number of nitrogens with one attached hydrogen (secondary N) is 1. The van der Waals surface area contributed by atoms with Crippen molar-refractivity contribution in [2.24, 2.45) is 0 Å². The fourth-order valence-corrected chi connectivity index (χ4v) is 3.04. The summed E-state index contributed by atoms with van der Waals surface area (Å²) in [6, 6.07) is 7.66. The summed E-state index contributed by atoms with van der Waals surface area (Å²) in [5.41, 5.74) is 0. The van der Waals surface area contributed by atoms with Gasteiger partial charge in [-0.3, -0.25) is 4.79 Å². The number of ether oxygens (including phenoxy) is 2. The molecule has 128 valence electrons. The van der Waals surface area contributed by atoms with Crippen LogP contribution in [0.5, 0.6) is 11.5 Å². The molecule has 4 nitrogen and oxygen atoms in total. The Morgan fingerprint density at radius 3 is 2.22 bits per heavy atom. The molecule has 1 atom stereocenters.